The molecule has 2 aliphatic rings. The number of imidazole rings is 1. The lowest BCUT2D eigenvalue weighted by Crippen LogP contribution is -3.14. The summed E-state index contributed by atoms with van der Waals surface area (Å²) in [5.74, 6) is -1.77. The summed E-state index contributed by atoms with van der Waals surface area (Å²) < 4.78 is 7.16. The van der Waals surface area contributed by atoms with Crippen molar-refractivity contribution in [3.8, 4) is 0 Å². The molecule has 0 spiro atoms. The summed E-state index contributed by atoms with van der Waals surface area (Å²) in [6.07, 6.45) is 2.50. The van der Waals surface area contributed by atoms with Gasteiger partial charge in [-0.3, -0.25) is 9.59 Å². The minimum atomic E-state index is -0.732. The summed E-state index contributed by atoms with van der Waals surface area (Å²) in [6.45, 7) is 12.8. The van der Waals surface area contributed by atoms with Gasteiger partial charge in [-0.1, -0.05) is 56.9 Å². The molecular formula is C30H36N4O4. The lowest BCUT2D eigenvalue weighted by atomic mass is 9.85. The topological polar surface area (TPSA) is 91.4 Å². The van der Waals surface area contributed by atoms with Gasteiger partial charge in [0.1, 0.15) is 18.7 Å². The number of Topliss-reactive ketones (excluding diaryl/α,β-unsaturated/α-hetero) is 1. The number of hydrogen-bond acceptors (Lipinski definition) is 5. The van der Waals surface area contributed by atoms with Gasteiger partial charge in [0.05, 0.1) is 37.2 Å². The summed E-state index contributed by atoms with van der Waals surface area (Å²) >= 11 is 0. The van der Waals surface area contributed by atoms with Crippen molar-refractivity contribution in [2.24, 2.45) is 0 Å². The minimum Gasteiger partial charge on any atom is -0.871 e. The Morgan fingerprint density at radius 3 is 2.50 bits per heavy atom. The number of pyridine rings is 1. The normalized spacial score (nSPS) is 20.5. The second-order valence-corrected chi connectivity index (χ2v) is 11.3. The van der Waals surface area contributed by atoms with E-state index in [1.807, 2.05) is 42.5 Å². The van der Waals surface area contributed by atoms with Gasteiger partial charge < -0.3 is 24.0 Å². The van der Waals surface area contributed by atoms with E-state index < -0.39 is 23.5 Å². The highest BCUT2D eigenvalue weighted by atomic mass is 16.5. The van der Waals surface area contributed by atoms with Gasteiger partial charge in [0, 0.05) is 24.7 Å². The number of ether oxygens (including phenoxy) is 1. The molecule has 0 aliphatic carbocycles. The predicted molar refractivity (Wildman–Crippen MR) is 142 cm³/mol. The van der Waals surface area contributed by atoms with Gasteiger partial charge in [0.2, 0.25) is 5.78 Å². The fourth-order valence-electron chi connectivity index (χ4n) is 5.54. The SMILES string of the molecule is Cc1nc2ccccn2c1C([O-])=C1C(=O)C(=O)N(CCC[NH+]2CCOCC2)C1c1ccc(C(C)(C)C)cc1. The average Bonchev–Trinajstić information content (AvgIpc) is 3.37. The molecule has 0 bridgehead atoms. The number of hydrogen-bond donors (Lipinski definition) is 1. The van der Waals surface area contributed by atoms with E-state index in [1.165, 1.54) is 4.90 Å². The van der Waals surface area contributed by atoms with Crippen molar-refractivity contribution < 1.29 is 24.3 Å². The van der Waals surface area contributed by atoms with Gasteiger partial charge in [-0.25, -0.2) is 4.98 Å². The molecule has 2 aliphatic heterocycles. The third-order valence-electron chi connectivity index (χ3n) is 7.67. The first-order valence-electron chi connectivity index (χ1n) is 13.4. The smallest absolute Gasteiger partial charge is 0.295 e. The van der Waals surface area contributed by atoms with Crippen LogP contribution >= 0.6 is 0 Å². The quantitative estimate of drug-likeness (QED) is 0.304. The van der Waals surface area contributed by atoms with Crippen molar-refractivity contribution in [3.63, 3.8) is 0 Å². The maximum absolute atomic E-state index is 14.1. The summed E-state index contributed by atoms with van der Waals surface area (Å²) in [5, 5.41) is 14.1. The highest BCUT2D eigenvalue weighted by Crippen LogP contribution is 2.39. The number of amides is 1. The van der Waals surface area contributed by atoms with E-state index in [-0.39, 0.29) is 11.0 Å². The number of fused-ring (bicyclic) bond motifs is 1. The molecule has 200 valence electrons. The molecule has 0 saturated carbocycles. The molecular weight excluding hydrogens is 480 g/mol. The van der Waals surface area contributed by atoms with Crippen LogP contribution in [0.2, 0.25) is 0 Å². The number of aryl methyl sites for hydroxylation is 1. The number of benzene rings is 1. The Morgan fingerprint density at radius 2 is 1.82 bits per heavy atom. The first-order chi connectivity index (χ1) is 18.2. The zero-order valence-electron chi connectivity index (χ0n) is 22.6. The maximum atomic E-state index is 14.1. The second kappa shape index (κ2) is 10.3. The van der Waals surface area contributed by atoms with Crippen LogP contribution in [-0.4, -0.2) is 65.4 Å². The molecule has 8 heteroatoms. The lowest BCUT2D eigenvalue weighted by Gasteiger charge is -2.29. The molecule has 2 aromatic heterocycles. The van der Waals surface area contributed by atoms with E-state index >= 15 is 0 Å². The molecule has 1 unspecified atom stereocenters. The zero-order chi connectivity index (χ0) is 27.0. The summed E-state index contributed by atoms with van der Waals surface area (Å²) in [6, 6.07) is 12.7. The second-order valence-electron chi connectivity index (χ2n) is 11.3. The van der Waals surface area contributed by atoms with E-state index in [0.717, 1.165) is 50.4 Å². The third-order valence-corrected chi connectivity index (χ3v) is 7.67. The van der Waals surface area contributed by atoms with E-state index in [0.29, 0.717) is 23.6 Å². The van der Waals surface area contributed by atoms with E-state index in [2.05, 4.69) is 25.8 Å². The van der Waals surface area contributed by atoms with Crippen LogP contribution in [0.15, 0.2) is 54.2 Å². The largest absolute Gasteiger partial charge is 0.871 e. The number of quaternary nitrogens is 1. The van der Waals surface area contributed by atoms with Crippen molar-refractivity contribution >= 4 is 23.1 Å². The van der Waals surface area contributed by atoms with Crippen LogP contribution in [0.25, 0.3) is 11.4 Å². The molecule has 2 saturated heterocycles. The Hall–Kier alpha value is -3.49. The number of nitrogens with zero attached hydrogens (tertiary/aromatic N) is 3. The Bertz CT molecular complexity index is 1380. The number of likely N-dealkylation sites (tertiary alicyclic amines) is 1. The van der Waals surface area contributed by atoms with Gasteiger partial charge in [-0.2, -0.15) is 0 Å². The van der Waals surface area contributed by atoms with Crippen molar-refractivity contribution in [1.29, 1.82) is 0 Å². The molecule has 1 N–H and O–H groups in total. The first kappa shape index (κ1) is 26.1. The number of carbonyl (C=O) groups is 2. The Labute approximate surface area is 223 Å². The predicted octanol–water partition coefficient (Wildman–Crippen LogP) is 1.47. The van der Waals surface area contributed by atoms with Crippen LogP contribution in [0.5, 0.6) is 0 Å². The van der Waals surface area contributed by atoms with Gasteiger partial charge in [0.25, 0.3) is 5.91 Å². The van der Waals surface area contributed by atoms with E-state index in [1.54, 1.807) is 22.4 Å². The number of morpholine rings is 1. The molecule has 38 heavy (non-hydrogen) atoms. The molecule has 3 aromatic rings. The molecule has 4 heterocycles. The number of carbonyl (C=O) groups excluding carboxylic acids is 2. The monoisotopic (exact) mass is 516 g/mol. The molecule has 1 atom stereocenters. The van der Waals surface area contributed by atoms with Gasteiger partial charge in [0.15, 0.2) is 0 Å². The zero-order valence-corrected chi connectivity index (χ0v) is 22.6. The number of rotatable bonds is 6. The van der Waals surface area contributed by atoms with Crippen molar-refractivity contribution in [2.75, 3.05) is 39.4 Å². The van der Waals surface area contributed by atoms with Crippen LogP contribution in [0, 0.1) is 6.92 Å². The number of nitrogens with one attached hydrogen (secondary N) is 1. The number of aromatic nitrogens is 2. The molecule has 1 aromatic carbocycles. The van der Waals surface area contributed by atoms with Crippen molar-refractivity contribution in [1.82, 2.24) is 14.3 Å². The molecule has 8 nitrogen and oxygen atoms in total. The minimum absolute atomic E-state index is 0.00554. The molecule has 2 fully saturated rings. The lowest BCUT2D eigenvalue weighted by molar-refractivity contribution is -0.908. The highest BCUT2D eigenvalue weighted by Gasteiger charge is 2.44. The van der Waals surface area contributed by atoms with Crippen molar-refractivity contribution in [2.45, 2.75) is 45.6 Å². The fourth-order valence-corrected chi connectivity index (χ4v) is 5.54. The Morgan fingerprint density at radius 1 is 1.11 bits per heavy atom. The van der Waals surface area contributed by atoms with Gasteiger partial charge in [-0.15, -0.1) is 0 Å². The Kier molecular flexibility index (Phi) is 7.11. The van der Waals surface area contributed by atoms with Crippen molar-refractivity contribution in [3.05, 3.63) is 76.7 Å². The van der Waals surface area contributed by atoms with E-state index in [4.69, 9.17) is 4.74 Å². The van der Waals surface area contributed by atoms with Gasteiger partial charge in [-0.05, 0) is 35.6 Å². The van der Waals surface area contributed by atoms with Crippen LogP contribution in [-0.2, 0) is 19.7 Å². The summed E-state index contributed by atoms with van der Waals surface area (Å²) in [5.41, 5.74) is 3.36. The van der Waals surface area contributed by atoms with E-state index in [9.17, 15) is 14.7 Å². The van der Waals surface area contributed by atoms with Crippen LogP contribution in [0.3, 0.4) is 0 Å². The number of ketones is 1. The fraction of sp³-hybridized carbons (Fsp3) is 0.433. The highest BCUT2D eigenvalue weighted by molar-refractivity contribution is 6.46. The van der Waals surface area contributed by atoms with Gasteiger partial charge >= 0.3 is 0 Å². The molecule has 1 amide bonds. The third kappa shape index (κ3) is 4.86. The van der Waals surface area contributed by atoms with Crippen LogP contribution < -0.4 is 10.0 Å². The van der Waals surface area contributed by atoms with Crippen LogP contribution in [0.1, 0.15) is 55.7 Å². The Balaban J connectivity index is 1.56. The van der Waals surface area contributed by atoms with Crippen LogP contribution in [0.4, 0.5) is 0 Å². The summed E-state index contributed by atoms with van der Waals surface area (Å²) in [4.78, 5) is 34.4. The molecule has 5 rings (SSSR count). The summed E-state index contributed by atoms with van der Waals surface area (Å²) in [7, 11) is 0. The molecule has 0 radical (unpaired) electrons. The standard InChI is InChI=1S/C30H36N4O4/c1-20-25(33-14-6-5-8-23(33)31-20)27(35)24-26(21-9-11-22(12-10-21)30(2,3)4)34(29(37)28(24)36)15-7-13-32-16-18-38-19-17-32/h5-6,8-12,14,26,35H,7,13,15-19H2,1-4H3. The average molecular weight is 517 g/mol. The first-order valence-corrected chi connectivity index (χ1v) is 13.4. The maximum Gasteiger partial charge on any atom is 0.295 e.